The molecular weight excluding hydrogens is 293 g/mol. The fourth-order valence-corrected chi connectivity index (χ4v) is 3.40. The van der Waals surface area contributed by atoms with Crippen molar-refractivity contribution < 1.29 is 4.39 Å². The summed E-state index contributed by atoms with van der Waals surface area (Å²) in [5.41, 5.74) is 4.04. The third kappa shape index (κ3) is 2.53. The fourth-order valence-electron chi connectivity index (χ4n) is 3.40. The van der Waals surface area contributed by atoms with Crippen molar-refractivity contribution in [3.8, 4) is 0 Å². The highest BCUT2D eigenvalue weighted by atomic mass is 19.1. The summed E-state index contributed by atoms with van der Waals surface area (Å²) < 4.78 is 15.3. The van der Waals surface area contributed by atoms with Crippen LogP contribution in [0, 0.1) is 12.7 Å². The van der Waals surface area contributed by atoms with E-state index in [9.17, 15) is 4.39 Å². The van der Waals surface area contributed by atoms with Crippen LogP contribution in [0.1, 0.15) is 36.0 Å². The molecule has 1 saturated heterocycles. The molecule has 5 nitrogen and oxygen atoms in total. The molecule has 1 aliphatic heterocycles. The summed E-state index contributed by atoms with van der Waals surface area (Å²) in [5, 5.41) is 4.33. The molecular formula is C17H20FN5. The van der Waals surface area contributed by atoms with Gasteiger partial charge in [-0.15, -0.1) is 0 Å². The van der Waals surface area contributed by atoms with Gasteiger partial charge in [0.1, 0.15) is 11.6 Å². The quantitative estimate of drug-likeness (QED) is 0.808. The van der Waals surface area contributed by atoms with E-state index in [1.54, 1.807) is 6.07 Å². The number of hydrogen-bond acceptors (Lipinski definition) is 3. The van der Waals surface area contributed by atoms with Crippen LogP contribution in [0.2, 0.25) is 0 Å². The fraction of sp³-hybridized carbons (Fsp3) is 0.412. The molecule has 0 amide bonds. The van der Waals surface area contributed by atoms with E-state index in [-0.39, 0.29) is 11.9 Å². The Morgan fingerprint density at radius 2 is 2.26 bits per heavy atom. The third-order valence-corrected chi connectivity index (χ3v) is 4.85. The molecule has 1 atom stereocenters. The molecule has 0 saturated carbocycles. The number of imidazole rings is 1. The molecule has 0 radical (unpaired) electrons. The molecule has 3 heterocycles. The van der Waals surface area contributed by atoms with Gasteiger partial charge in [0, 0.05) is 24.8 Å². The summed E-state index contributed by atoms with van der Waals surface area (Å²) in [6.07, 6.45) is 4.16. The number of fused-ring (bicyclic) bond motifs is 1. The van der Waals surface area contributed by atoms with Crippen molar-refractivity contribution >= 4 is 11.0 Å². The Hall–Kier alpha value is -2.21. The van der Waals surface area contributed by atoms with Gasteiger partial charge in [-0.05, 0) is 44.5 Å². The average molecular weight is 313 g/mol. The summed E-state index contributed by atoms with van der Waals surface area (Å²) >= 11 is 0. The Morgan fingerprint density at radius 3 is 3.04 bits per heavy atom. The number of rotatable bonds is 3. The summed E-state index contributed by atoms with van der Waals surface area (Å²) in [6, 6.07) is 4.95. The van der Waals surface area contributed by atoms with Gasteiger partial charge in [-0.1, -0.05) is 0 Å². The van der Waals surface area contributed by atoms with Gasteiger partial charge in [0.2, 0.25) is 0 Å². The van der Waals surface area contributed by atoms with E-state index in [0.29, 0.717) is 0 Å². The van der Waals surface area contributed by atoms with Gasteiger partial charge in [-0.25, -0.2) is 9.37 Å². The first-order valence-electron chi connectivity index (χ1n) is 7.98. The Bertz CT molecular complexity index is 850. The molecule has 1 fully saturated rings. The Morgan fingerprint density at radius 1 is 1.39 bits per heavy atom. The van der Waals surface area contributed by atoms with Crippen molar-refractivity contribution in [2.75, 3.05) is 6.54 Å². The first-order chi connectivity index (χ1) is 11.1. The predicted octanol–water partition coefficient (Wildman–Crippen LogP) is 3.08. The highest BCUT2D eigenvalue weighted by molar-refractivity contribution is 5.75. The van der Waals surface area contributed by atoms with Gasteiger partial charge < -0.3 is 4.98 Å². The second kappa shape index (κ2) is 5.45. The van der Waals surface area contributed by atoms with Crippen LogP contribution in [-0.4, -0.2) is 31.2 Å². The lowest BCUT2D eigenvalue weighted by atomic mass is 10.2. The maximum atomic E-state index is 13.4. The largest absolute Gasteiger partial charge is 0.341 e. The zero-order valence-electron chi connectivity index (χ0n) is 13.4. The number of aromatic amines is 1. The maximum Gasteiger partial charge on any atom is 0.125 e. The molecule has 23 heavy (non-hydrogen) atoms. The van der Waals surface area contributed by atoms with E-state index in [1.807, 2.05) is 17.9 Å². The minimum Gasteiger partial charge on any atom is -0.341 e. The van der Waals surface area contributed by atoms with Crippen LogP contribution in [-0.2, 0) is 13.6 Å². The predicted molar refractivity (Wildman–Crippen MR) is 86.4 cm³/mol. The minimum absolute atomic E-state index is 0.234. The van der Waals surface area contributed by atoms with Crippen molar-refractivity contribution in [1.82, 2.24) is 24.6 Å². The van der Waals surface area contributed by atoms with E-state index in [0.717, 1.165) is 42.8 Å². The Labute approximate surface area is 134 Å². The summed E-state index contributed by atoms with van der Waals surface area (Å²) in [7, 11) is 1.97. The number of benzene rings is 1. The van der Waals surface area contributed by atoms with Gasteiger partial charge in [0.15, 0.2) is 0 Å². The Balaban J connectivity index is 1.62. The van der Waals surface area contributed by atoms with Crippen molar-refractivity contribution in [2.45, 2.75) is 32.4 Å². The van der Waals surface area contributed by atoms with Crippen molar-refractivity contribution in [1.29, 1.82) is 0 Å². The number of halogens is 1. The lowest BCUT2D eigenvalue weighted by Gasteiger charge is -2.22. The number of aryl methyl sites for hydroxylation is 1. The molecule has 0 aliphatic carbocycles. The summed E-state index contributed by atoms with van der Waals surface area (Å²) in [6.45, 7) is 4.01. The lowest BCUT2D eigenvalue weighted by molar-refractivity contribution is 0.240. The van der Waals surface area contributed by atoms with Crippen LogP contribution in [0.15, 0.2) is 24.4 Å². The SMILES string of the molecule is Cc1c(CN2CCCC2c2nc3ccc(F)cc3[nH]2)cnn1C. The van der Waals surface area contributed by atoms with Gasteiger partial charge in [-0.2, -0.15) is 5.10 Å². The zero-order chi connectivity index (χ0) is 16.0. The van der Waals surface area contributed by atoms with E-state index < -0.39 is 0 Å². The van der Waals surface area contributed by atoms with E-state index >= 15 is 0 Å². The van der Waals surface area contributed by atoms with Crippen LogP contribution < -0.4 is 0 Å². The number of nitrogens with one attached hydrogen (secondary N) is 1. The van der Waals surface area contributed by atoms with Crippen LogP contribution in [0.25, 0.3) is 11.0 Å². The van der Waals surface area contributed by atoms with Gasteiger partial charge >= 0.3 is 0 Å². The first kappa shape index (κ1) is 14.4. The topological polar surface area (TPSA) is 49.7 Å². The standard InChI is InChI=1S/C17H20FN5/c1-11-12(9-19-22(11)2)10-23-7-3-4-16(23)17-20-14-6-5-13(18)8-15(14)21-17/h5-6,8-9,16H,3-4,7,10H2,1-2H3,(H,20,21). The molecule has 1 aromatic carbocycles. The van der Waals surface area contributed by atoms with E-state index in [2.05, 4.69) is 26.9 Å². The molecule has 6 heteroatoms. The van der Waals surface area contributed by atoms with Crippen LogP contribution in [0.4, 0.5) is 4.39 Å². The van der Waals surface area contributed by atoms with Crippen molar-refractivity contribution in [3.05, 3.63) is 47.3 Å². The number of hydrogen-bond donors (Lipinski definition) is 1. The summed E-state index contributed by atoms with van der Waals surface area (Å²) in [4.78, 5) is 10.4. The smallest absolute Gasteiger partial charge is 0.125 e. The van der Waals surface area contributed by atoms with Crippen LogP contribution in [0.3, 0.4) is 0 Å². The van der Waals surface area contributed by atoms with E-state index in [4.69, 9.17) is 0 Å². The average Bonchev–Trinajstić information content (AvgIpc) is 3.22. The van der Waals surface area contributed by atoms with Gasteiger partial charge in [0.05, 0.1) is 23.3 Å². The molecule has 1 unspecified atom stereocenters. The zero-order valence-corrected chi connectivity index (χ0v) is 13.4. The number of H-pyrrole nitrogens is 1. The molecule has 2 aromatic heterocycles. The molecule has 3 aromatic rings. The normalized spacial score (nSPS) is 19.0. The van der Waals surface area contributed by atoms with E-state index in [1.165, 1.54) is 23.4 Å². The molecule has 0 spiro atoms. The molecule has 120 valence electrons. The molecule has 0 bridgehead atoms. The third-order valence-electron chi connectivity index (χ3n) is 4.85. The lowest BCUT2D eigenvalue weighted by Crippen LogP contribution is -2.23. The highest BCUT2D eigenvalue weighted by Crippen LogP contribution is 2.33. The monoisotopic (exact) mass is 313 g/mol. The second-order valence-electron chi connectivity index (χ2n) is 6.29. The first-order valence-corrected chi connectivity index (χ1v) is 7.98. The van der Waals surface area contributed by atoms with Crippen LogP contribution >= 0.6 is 0 Å². The molecule has 1 N–H and O–H groups in total. The number of likely N-dealkylation sites (tertiary alicyclic amines) is 1. The number of aromatic nitrogens is 4. The Kier molecular flexibility index (Phi) is 3.41. The second-order valence-corrected chi connectivity index (χ2v) is 6.29. The number of nitrogens with zero attached hydrogens (tertiary/aromatic N) is 4. The molecule has 1 aliphatic rings. The molecule has 4 rings (SSSR count). The van der Waals surface area contributed by atoms with Gasteiger partial charge in [0.25, 0.3) is 0 Å². The van der Waals surface area contributed by atoms with Crippen LogP contribution in [0.5, 0.6) is 0 Å². The van der Waals surface area contributed by atoms with Gasteiger partial charge in [-0.3, -0.25) is 9.58 Å². The highest BCUT2D eigenvalue weighted by Gasteiger charge is 2.29. The summed E-state index contributed by atoms with van der Waals surface area (Å²) in [5.74, 6) is 0.701. The van der Waals surface area contributed by atoms with Crippen molar-refractivity contribution in [2.24, 2.45) is 7.05 Å². The van der Waals surface area contributed by atoms with Crippen molar-refractivity contribution in [3.63, 3.8) is 0 Å². The maximum absolute atomic E-state index is 13.4. The minimum atomic E-state index is -0.234.